The highest BCUT2D eigenvalue weighted by Gasteiger charge is 2.20. The standard InChI is InChI=1S/C51H30N4O2/c1-2-13-31(14-3-1)49-52-50(32-25-27-45-39(29-32)37-18-7-11-23-44(37)56-45)54-51(53-49)33-26-28-46-40(30-33)48-38(19-12-24-47(48)57-46)36-17-6-10-22-43(36)55-41-20-8-4-15-34(41)35-16-5-9-21-42(35)55/h1-30H. The Morgan fingerprint density at radius 2 is 0.842 bits per heavy atom. The third kappa shape index (κ3) is 4.94. The number of hydrogen-bond donors (Lipinski definition) is 0. The van der Waals surface area contributed by atoms with Crippen LogP contribution in [0.4, 0.5) is 0 Å². The van der Waals surface area contributed by atoms with Crippen LogP contribution in [0.2, 0.25) is 0 Å². The van der Waals surface area contributed by atoms with Crippen molar-refractivity contribution in [3.63, 3.8) is 0 Å². The van der Waals surface area contributed by atoms with Gasteiger partial charge in [0.05, 0.1) is 16.7 Å². The summed E-state index contributed by atoms with van der Waals surface area (Å²) >= 11 is 0. The van der Waals surface area contributed by atoms with E-state index in [1.165, 1.54) is 10.8 Å². The minimum Gasteiger partial charge on any atom is -0.456 e. The molecule has 0 saturated heterocycles. The normalized spacial score (nSPS) is 11.9. The Labute approximate surface area is 325 Å². The molecule has 0 amide bonds. The molecule has 0 spiro atoms. The van der Waals surface area contributed by atoms with Crippen molar-refractivity contribution in [1.29, 1.82) is 0 Å². The monoisotopic (exact) mass is 730 g/mol. The maximum atomic E-state index is 6.56. The lowest BCUT2D eigenvalue weighted by molar-refractivity contribution is 0.668. The van der Waals surface area contributed by atoms with E-state index in [1.807, 2.05) is 78.9 Å². The van der Waals surface area contributed by atoms with Crippen molar-refractivity contribution in [2.75, 3.05) is 0 Å². The topological polar surface area (TPSA) is 69.9 Å². The number of para-hydroxylation sites is 4. The molecule has 0 atom stereocenters. The van der Waals surface area contributed by atoms with Gasteiger partial charge in [-0.25, -0.2) is 15.0 Å². The van der Waals surface area contributed by atoms with E-state index in [1.54, 1.807) is 0 Å². The molecule has 12 aromatic rings. The first kappa shape index (κ1) is 31.5. The Morgan fingerprint density at radius 3 is 1.58 bits per heavy atom. The summed E-state index contributed by atoms with van der Waals surface area (Å²) in [7, 11) is 0. The number of fused-ring (bicyclic) bond motifs is 9. The molecule has 12 rings (SSSR count). The average molecular weight is 731 g/mol. The molecule has 0 N–H and O–H groups in total. The van der Waals surface area contributed by atoms with Crippen molar-refractivity contribution in [1.82, 2.24) is 19.5 Å². The van der Waals surface area contributed by atoms with Crippen LogP contribution in [0.1, 0.15) is 0 Å². The van der Waals surface area contributed by atoms with Gasteiger partial charge in [-0.1, -0.05) is 115 Å². The zero-order chi connectivity index (χ0) is 37.5. The van der Waals surface area contributed by atoms with Gasteiger partial charge in [-0.3, -0.25) is 0 Å². The molecule has 57 heavy (non-hydrogen) atoms. The Morgan fingerprint density at radius 1 is 0.333 bits per heavy atom. The van der Waals surface area contributed by atoms with E-state index in [0.717, 1.165) is 88.4 Å². The number of furan rings is 2. The summed E-state index contributed by atoms with van der Waals surface area (Å²) in [5.74, 6) is 1.77. The van der Waals surface area contributed by atoms with Crippen LogP contribution in [-0.4, -0.2) is 19.5 Å². The van der Waals surface area contributed by atoms with Crippen LogP contribution in [-0.2, 0) is 0 Å². The Bertz CT molecular complexity index is 3490. The lowest BCUT2D eigenvalue weighted by Gasteiger charge is -2.15. The van der Waals surface area contributed by atoms with Gasteiger partial charge in [0.1, 0.15) is 22.3 Å². The smallest absolute Gasteiger partial charge is 0.164 e. The van der Waals surface area contributed by atoms with E-state index in [4.69, 9.17) is 23.8 Å². The predicted molar refractivity (Wildman–Crippen MR) is 230 cm³/mol. The van der Waals surface area contributed by atoms with Crippen LogP contribution < -0.4 is 0 Å². The molecule has 4 aromatic heterocycles. The zero-order valence-corrected chi connectivity index (χ0v) is 30.4. The fourth-order valence-corrected chi connectivity index (χ4v) is 8.48. The summed E-state index contributed by atoms with van der Waals surface area (Å²) < 4.78 is 15.1. The minimum absolute atomic E-state index is 0.579. The summed E-state index contributed by atoms with van der Waals surface area (Å²) in [4.78, 5) is 15.3. The van der Waals surface area contributed by atoms with E-state index >= 15 is 0 Å². The van der Waals surface area contributed by atoms with Crippen LogP contribution in [0.5, 0.6) is 0 Å². The van der Waals surface area contributed by atoms with Crippen molar-refractivity contribution in [2.24, 2.45) is 0 Å². The van der Waals surface area contributed by atoms with Gasteiger partial charge in [0.15, 0.2) is 17.5 Å². The molecule has 8 aromatic carbocycles. The number of aromatic nitrogens is 4. The molecule has 4 heterocycles. The van der Waals surface area contributed by atoms with Crippen molar-refractivity contribution in [3.05, 3.63) is 182 Å². The first-order chi connectivity index (χ1) is 28.2. The highest BCUT2D eigenvalue weighted by atomic mass is 16.3. The van der Waals surface area contributed by atoms with Gasteiger partial charge in [0.2, 0.25) is 0 Å². The van der Waals surface area contributed by atoms with E-state index in [-0.39, 0.29) is 0 Å². The number of nitrogens with zero attached hydrogens (tertiary/aromatic N) is 4. The van der Waals surface area contributed by atoms with Crippen LogP contribution in [0.15, 0.2) is 191 Å². The molecule has 0 radical (unpaired) electrons. The number of benzene rings is 8. The average Bonchev–Trinajstić information content (AvgIpc) is 3.95. The molecular formula is C51H30N4O2. The van der Waals surface area contributed by atoms with E-state index in [2.05, 4.69) is 108 Å². The van der Waals surface area contributed by atoms with Gasteiger partial charge in [0, 0.05) is 54.6 Å². The number of rotatable bonds is 5. The first-order valence-corrected chi connectivity index (χ1v) is 19.0. The molecule has 0 fully saturated rings. The quantitative estimate of drug-likeness (QED) is 0.176. The Hall–Kier alpha value is -7.83. The van der Waals surface area contributed by atoms with Gasteiger partial charge >= 0.3 is 0 Å². The fraction of sp³-hybridized carbons (Fsp3) is 0. The molecule has 0 aliphatic rings. The molecule has 266 valence electrons. The van der Waals surface area contributed by atoms with E-state index in [0.29, 0.717) is 17.5 Å². The summed E-state index contributed by atoms with van der Waals surface area (Å²) in [5.41, 5.74) is 11.6. The maximum absolute atomic E-state index is 6.56. The summed E-state index contributed by atoms with van der Waals surface area (Å²) in [6.45, 7) is 0. The molecule has 0 saturated carbocycles. The largest absolute Gasteiger partial charge is 0.456 e. The molecule has 0 bridgehead atoms. The van der Waals surface area contributed by atoms with Gasteiger partial charge in [-0.15, -0.1) is 0 Å². The van der Waals surface area contributed by atoms with Gasteiger partial charge in [0.25, 0.3) is 0 Å². The summed E-state index contributed by atoms with van der Waals surface area (Å²) in [6, 6.07) is 62.8. The van der Waals surface area contributed by atoms with Crippen molar-refractivity contribution < 1.29 is 8.83 Å². The second-order valence-electron chi connectivity index (χ2n) is 14.4. The van der Waals surface area contributed by atoms with Gasteiger partial charge in [-0.2, -0.15) is 0 Å². The van der Waals surface area contributed by atoms with Crippen molar-refractivity contribution in [2.45, 2.75) is 0 Å². The SMILES string of the molecule is c1ccc(-c2nc(-c3ccc4oc5ccccc5c4c3)nc(-c3ccc4oc5cccc(-c6ccccc6-n6c7ccccc7c7ccccc76)c5c4c3)n2)cc1. The molecule has 0 aliphatic carbocycles. The van der Waals surface area contributed by atoms with Gasteiger partial charge in [-0.05, 0) is 72.3 Å². The van der Waals surface area contributed by atoms with Crippen molar-refractivity contribution in [3.8, 4) is 51.0 Å². The molecule has 0 aliphatic heterocycles. The van der Waals surface area contributed by atoms with Crippen molar-refractivity contribution >= 4 is 65.7 Å². The third-order valence-electron chi connectivity index (χ3n) is 11.1. The highest BCUT2D eigenvalue weighted by molar-refractivity contribution is 6.15. The van der Waals surface area contributed by atoms with Crippen LogP contribution in [0, 0.1) is 0 Å². The summed E-state index contributed by atoms with van der Waals surface area (Å²) in [6.07, 6.45) is 0. The van der Waals surface area contributed by atoms with E-state index < -0.39 is 0 Å². The predicted octanol–water partition coefficient (Wildman–Crippen LogP) is 13.4. The molecular weight excluding hydrogens is 701 g/mol. The Kier molecular flexibility index (Phi) is 6.83. The van der Waals surface area contributed by atoms with Crippen LogP contribution in [0.25, 0.3) is 117 Å². The maximum Gasteiger partial charge on any atom is 0.164 e. The Balaban J connectivity index is 1.06. The molecule has 0 unspecified atom stereocenters. The molecule has 6 heteroatoms. The number of hydrogen-bond acceptors (Lipinski definition) is 5. The highest BCUT2D eigenvalue weighted by Crippen LogP contribution is 2.42. The van der Waals surface area contributed by atoms with Gasteiger partial charge < -0.3 is 13.4 Å². The fourth-order valence-electron chi connectivity index (χ4n) is 8.48. The first-order valence-electron chi connectivity index (χ1n) is 19.0. The minimum atomic E-state index is 0.579. The lowest BCUT2D eigenvalue weighted by atomic mass is 9.97. The zero-order valence-electron chi connectivity index (χ0n) is 30.4. The molecule has 6 nitrogen and oxygen atoms in total. The second-order valence-corrected chi connectivity index (χ2v) is 14.4. The lowest BCUT2D eigenvalue weighted by Crippen LogP contribution is -2.00. The van der Waals surface area contributed by atoms with E-state index in [9.17, 15) is 0 Å². The third-order valence-corrected chi connectivity index (χ3v) is 11.1. The van der Waals surface area contributed by atoms with Crippen LogP contribution in [0.3, 0.4) is 0 Å². The van der Waals surface area contributed by atoms with Crippen LogP contribution >= 0.6 is 0 Å². The summed E-state index contributed by atoms with van der Waals surface area (Å²) in [5, 5.41) is 6.56. The second kappa shape index (κ2) is 12.3.